The third kappa shape index (κ3) is 6.13. The lowest BCUT2D eigenvalue weighted by molar-refractivity contribution is 0.0942. The van der Waals surface area contributed by atoms with E-state index in [1.807, 2.05) is 45.0 Å². The summed E-state index contributed by atoms with van der Waals surface area (Å²) in [6, 6.07) is 15.3. The third-order valence-corrected chi connectivity index (χ3v) is 4.43. The van der Waals surface area contributed by atoms with Crippen LogP contribution in [-0.4, -0.2) is 24.5 Å². The average Bonchev–Trinajstić information content (AvgIpc) is 2.64. The van der Waals surface area contributed by atoms with Gasteiger partial charge in [-0.2, -0.15) is 0 Å². The average molecular weight is 367 g/mol. The molecule has 0 aromatic heterocycles. The van der Waals surface area contributed by atoms with Gasteiger partial charge in [0, 0.05) is 29.8 Å². The lowest BCUT2D eigenvalue weighted by atomic mass is 9.97. The molecule has 2 rings (SSSR count). The minimum Gasteiger partial charge on any atom is -0.350 e. The molecule has 0 saturated carbocycles. The maximum Gasteiger partial charge on any atom is 0.319 e. The minimum absolute atomic E-state index is 0.0563. The maximum absolute atomic E-state index is 12.3. The smallest absolute Gasteiger partial charge is 0.319 e. The van der Waals surface area contributed by atoms with Gasteiger partial charge in [0.2, 0.25) is 0 Å². The predicted molar refractivity (Wildman–Crippen MR) is 110 cm³/mol. The van der Waals surface area contributed by atoms with Crippen LogP contribution in [0.4, 0.5) is 10.5 Å². The Labute approximate surface area is 161 Å². The standard InChI is InChI=1S/C22H29N3O2/c1-5-17(18-9-7-6-8-10-18)14-23-22(27)25-19-12-11-16(4)20(13-19)21(26)24-15(2)3/h6-13,15,17H,5,14H2,1-4H3,(H,24,26)(H2,23,25,27). The maximum atomic E-state index is 12.3. The van der Waals surface area contributed by atoms with Gasteiger partial charge in [-0.05, 0) is 50.5 Å². The second kappa shape index (κ2) is 9.76. The third-order valence-electron chi connectivity index (χ3n) is 4.43. The number of carbonyl (C=O) groups is 2. The summed E-state index contributed by atoms with van der Waals surface area (Å²) in [6.07, 6.45) is 0.939. The van der Waals surface area contributed by atoms with Gasteiger partial charge < -0.3 is 16.0 Å². The van der Waals surface area contributed by atoms with Crippen molar-refractivity contribution in [3.8, 4) is 0 Å². The fraction of sp³-hybridized carbons (Fsp3) is 0.364. The molecular weight excluding hydrogens is 338 g/mol. The number of aryl methyl sites for hydroxylation is 1. The molecule has 0 bridgehead atoms. The number of hydrogen-bond acceptors (Lipinski definition) is 2. The fourth-order valence-electron chi connectivity index (χ4n) is 2.90. The number of amides is 3. The number of hydrogen-bond donors (Lipinski definition) is 3. The molecule has 2 aromatic carbocycles. The highest BCUT2D eigenvalue weighted by Gasteiger charge is 2.13. The summed E-state index contributed by atoms with van der Waals surface area (Å²) in [5.74, 6) is 0.129. The lowest BCUT2D eigenvalue weighted by Crippen LogP contribution is -2.33. The Morgan fingerprint density at radius 3 is 2.37 bits per heavy atom. The van der Waals surface area contributed by atoms with Crippen molar-refractivity contribution >= 4 is 17.6 Å². The molecule has 0 aliphatic heterocycles. The molecule has 0 spiro atoms. The van der Waals surface area contributed by atoms with Gasteiger partial charge >= 0.3 is 6.03 Å². The Morgan fingerprint density at radius 1 is 1.04 bits per heavy atom. The van der Waals surface area contributed by atoms with E-state index in [1.54, 1.807) is 12.1 Å². The van der Waals surface area contributed by atoms with Gasteiger partial charge in [0.05, 0.1) is 0 Å². The van der Waals surface area contributed by atoms with Crippen LogP contribution in [0.5, 0.6) is 0 Å². The van der Waals surface area contributed by atoms with Gasteiger partial charge in [-0.25, -0.2) is 4.79 Å². The Kier molecular flexibility index (Phi) is 7.41. The molecule has 5 nitrogen and oxygen atoms in total. The van der Waals surface area contributed by atoms with E-state index in [2.05, 4.69) is 35.0 Å². The molecule has 0 radical (unpaired) electrons. The second-order valence-electron chi connectivity index (χ2n) is 7.01. The van der Waals surface area contributed by atoms with Crippen molar-refractivity contribution in [1.29, 1.82) is 0 Å². The molecular formula is C22H29N3O2. The van der Waals surface area contributed by atoms with E-state index in [-0.39, 0.29) is 23.9 Å². The Bertz CT molecular complexity index is 772. The summed E-state index contributed by atoms with van der Waals surface area (Å²) in [5.41, 5.74) is 3.24. The predicted octanol–water partition coefficient (Wildman–Crippen LogP) is 4.45. The van der Waals surface area contributed by atoms with Gasteiger partial charge in [-0.3, -0.25) is 4.79 Å². The van der Waals surface area contributed by atoms with Crippen molar-refractivity contribution in [3.05, 3.63) is 65.2 Å². The van der Waals surface area contributed by atoms with Crippen molar-refractivity contribution in [2.75, 3.05) is 11.9 Å². The largest absolute Gasteiger partial charge is 0.350 e. The molecule has 27 heavy (non-hydrogen) atoms. The first-order valence-corrected chi connectivity index (χ1v) is 9.42. The minimum atomic E-state index is -0.275. The molecule has 1 unspecified atom stereocenters. The highest BCUT2D eigenvalue weighted by Crippen LogP contribution is 2.18. The van der Waals surface area contributed by atoms with Gasteiger partial charge in [0.15, 0.2) is 0 Å². The van der Waals surface area contributed by atoms with Crippen LogP contribution in [0.25, 0.3) is 0 Å². The highest BCUT2D eigenvalue weighted by molar-refractivity contribution is 5.98. The van der Waals surface area contributed by atoms with Gasteiger partial charge in [0.25, 0.3) is 5.91 Å². The van der Waals surface area contributed by atoms with Crippen molar-refractivity contribution in [2.45, 2.75) is 46.1 Å². The zero-order valence-electron chi connectivity index (χ0n) is 16.5. The molecule has 5 heteroatoms. The van der Waals surface area contributed by atoms with Crippen LogP contribution in [0.2, 0.25) is 0 Å². The quantitative estimate of drug-likeness (QED) is 0.677. The summed E-state index contributed by atoms with van der Waals surface area (Å²) < 4.78 is 0. The zero-order chi connectivity index (χ0) is 19.8. The van der Waals surface area contributed by atoms with E-state index in [4.69, 9.17) is 0 Å². The molecule has 0 aliphatic carbocycles. The fourth-order valence-corrected chi connectivity index (χ4v) is 2.90. The highest BCUT2D eigenvalue weighted by atomic mass is 16.2. The topological polar surface area (TPSA) is 70.2 Å². The van der Waals surface area contributed by atoms with Crippen molar-refractivity contribution in [3.63, 3.8) is 0 Å². The Hall–Kier alpha value is -2.82. The summed E-state index contributed by atoms with van der Waals surface area (Å²) in [5, 5.41) is 8.62. The molecule has 3 amide bonds. The number of benzene rings is 2. The van der Waals surface area contributed by atoms with Crippen LogP contribution in [0.15, 0.2) is 48.5 Å². The molecule has 1 atom stereocenters. The molecule has 2 aromatic rings. The number of nitrogens with one attached hydrogen (secondary N) is 3. The van der Waals surface area contributed by atoms with Crippen LogP contribution in [0.1, 0.15) is 54.6 Å². The number of anilines is 1. The van der Waals surface area contributed by atoms with Crippen molar-refractivity contribution in [1.82, 2.24) is 10.6 Å². The lowest BCUT2D eigenvalue weighted by Gasteiger charge is -2.17. The normalized spacial score (nSPS) is 11.7. The molecule has 0 fully saturated rings. The zero-order valence-corrected chi connectivity index (χ0v) is 16.5. The summed E-state index contributed by atoms with van der Waals surface area (Å²) >= 11 is 0. The van der Waals surface area contributed by atoms with E-state index in [1.165, 1.54) is 5.56 Å². The second-order valence-corrected chi connectivity index (χ2v) is 7.01. The Morgan fingerprint density at radius 2 is 1.74 bits per heavy atom. The molecule has 3 N–H and O–H groups in total. The first-order chi connectivity index (χ1) is 12.9. The van der Waals surface area contributed by atoms with Gasteiger partial charge in [-0.15, -0.1) is 0 Å². The Balaban J connectivity index is 1.98. The van der Waals surface area contributed by atoms with Crippen LogP contribution in [0.3, 0.4) is 0 Å². The van der Waals surface area contributed by atoms with Gasteiger partial charge in [0.1, 0.15) is 0 Å². The van der Waals surface area contributed by atoms with Crippen molar-refractivity contribution in [2.24, 2.45) is 0 Å². The van der Waals surface area contributed by atoms with Crippen LogP contribution >= 0.6 is 0 Å². The van der Waals surface area contributed by atoms with E-state index >= 15 is 0 Å². The monoisotopic (exact) mass is 367 g/mol. The summed E-state index contributed by atoms with van der Waals surface area (Å²) in [4.78, 5) is 24.6. The molecule has 0 heterocycles. The first-order valence-electron chi connectivity index (χ1n) is 9.42. The van der Waals surface area contributed by atoms with Crippen LogP contribution < -0.4 is 16.0 Å². The summed E-state index contributed by atoms with van der Waals surface area (Å²) in [6.45, 7) is 8.37. The molecule has 0 saturated heterocycles. The molecule has 144 valence electrons. The van der Waals surface area contributed by atoms with Crippen LogP contribution in [0, 0.1) is 6.92 Å². The number of carbonyl (C=O) groups excluding carboxylic acids is 2. The van der Waals surface area contributed by atoms with E-state index in [0.717, 1.165) is 12.0 Å². The molecule has 0 aliphatic rings. The van der Waals surface area contributed by atoms with E-state index in [9.17, 15) is 9.59 Å². The SMILES string of the molecule is CCC(CNC(=O)Nc1ccc(C)c(C(=O)NC(C)C)c1)c1ccccc1. The number of rotatable bonds is 7. The number of urea groups is 1. The van der Waals surface area contributed by atoms with Gasteiger partial charge in [-0.1, -0.05) is 43.3 Å². The first kappa shape index (κ1) is 20.5. The van der Waals surface area contributed by atoms with Crippen LogP contribution in [-0.2, 0) is 0 Å². The van der Waals surface area contributed by atoms with Crippen molar-refractivity contribution < 1.29 is 9.59 Å². The van der Waals surface area contributed by atoms with E-state index < -0.39 is 0 Å². The summed E-state index contributed by atoms with van der Waals surface area (Å²) in [7, 11) is 0. The van der Waals surface area contributed by atoms with E-state index in [0.29, 0.717) is 17.8 Å².